The number of para-hydroxylation sites is 1. The fourth-order valence-corrected chi connectivity index (χ4v) is 3.04. The van der Waals surface area contributed by atoms with Gasteiger partial charge < -0.3 is 14.2 Å². The Bertz CT molecular complexity index is 750. The number of benzene rings is 1. The standard InChI is InChI=1S/C18H20N2O3/c1-12-11-14-7-4-5-8-15(14)20(12)17(21)13(2)23-18(22)16-9-6-10-19(16)3/h4-10,12-13H,11H2,1-3H3/t12-,13-/m0/s1. The van der Waals surface area contributed by atoms with Gasteiger partial charge in [-0.2, -0.15) is 0 Å². The minimum absolute atomic E-state index is 0.0658. The predicted molar refractivity (Wildman–Crippen MR) is 87.4 cm³/mol. The number of aryl methyl sites for hydroxylation is 1. The van der Waals surface area contributed by atoms with E-state index in [1.165, 1.54) is 0 Å². The van der Waals surface area contributed by atoms with Gasteiger partial charge in [0.05, 0.1) is 0 Å². The van der Waals surface area contributed by atoms with Crippen LogP contribution in [-0.4, -0.2) is 28.6 Å². The summed E-state index contributed by atoms with van der Waals surface area (Å²) >= 11 is 0. The van der Waals surface area contributed by atoms with Crippen LogP contribution in [0.1, 0.15) is 29.9 Å². The van der Waals surface area contributed by atoms with Crippen LogP contribution in [0.2, 0.25) is 0 Å². The summed E-state index contributed by atoms with van der Waals surface area (Å²) in [5.41, 5.74) is 2.49. The van der Waals surface area contributed by atoms with Gasteiger partial charge in [-0.1, -0.05) is 18.2 Å². The largest absolute Gasteiger partial charge is 0.448 e. The van der Waals surface area contributed by atoms with E-state index in [2.05, 4.69) is 0 Å². The van der Waals surface area contributed by atoms with Crippen LogP contribution in [0.3, 0.4) is 0 Å². The van der Waals surface area contributed by atoms with E-state index < -0.39 is 12.1 Å². The number of anilines is 1. The Morgan fingerprint density at radius 1 is 1.22 bits per heavy atom. The van der Waals surface area contributed by atoms with E-state index in [9.17, 15) is 9.59 Å². The first-order valence-electron chi connectivity index (χ1n) is 7.72. The highest BCUT2D eigenvalue weighted by Gasteiger charge is 2.34. The van der Waals surface area contributed by atoms with E-state index in [1.54, 1.807) is 41.8 Å². The van der Waals surface area contributed by atoms with E-state index in [-0.39, 0.29) is 11.9 Å². The molecule has 0 bridgehead atoms. The van der Waals surface area contributed by atoms with Gasteiger partial charge in [0.1, 0.15) is 5.69 Å². The van der Waals surface area contributed by atoms with E-state index >= 15 is 0 Å². The number of carbonyl (C=O) groups is 2. The second-order valence-electron chi connectivity index (χ2n) is 5.94. The Labute approximate surface area is 135 Å². The number of esters is 1. The molecule has 0 spiro atoms. The second-order valence-corrected chi connectivity index (χ2v) is 5.94. The second kappa shape index (κ2) is 5.91. The molecule has 0 aliphatic carbocycles. The first kappa shape index (κ1) is 15.3. The van der Waals surface area contributed by atoms with E-state index in [1.807, 2.05) is 31.2 Å². The van der Waals surface area contributed by atoms with Crippen molar-refractivity contribution in [3.05, 3.63) is 53.9 Å². The van der Waals surface area contributed by atoms with Crippen LogP contribution in [0.15, 0.2) is 42.6 Å². The first-order chi connectivity index (χ1) is 11.0. The molecule has 1 aromatic heterocycles. The SMILES string of the molecule is C[C@H](OC(=O)c1cccn1C)C(=O)N1c2ccccc2C[C@@H]1C. The summed E-state index contributed by atoms with van der Waals surface area (Å²) in [6.07, 6.45) is 1.76. The Morgan fingerprint density at radius 2 is 1.96 bits per heavy atom. The van der Waals surface area contributed by atoms with Crippen molar-refractivity contribution in [1.82, 2.24) is 4.57 Å². The number of ether oxygens (including phenoxy) is 1. The molecule has 1 aliphatic heterocycles. The zero-order chi connectivity index (χ0) is 16.6. The molecule has 0 N–H and O–H groups in total. The monoisotopic (exact) mass is 312 g/mol. The lowest BCUT2D eigenvalue weighted by atomic mass is 10.1. The maximum absolute atomic E-state index is 12.8. The molecule has 1 aliphatic rings. The van der Waals surface area contributed by atoms with Gasteiger partial charge in [-0.15, -0.1) is 0 Å². The van der Waals surface area contributed by atoms with Gasteiger partial charge in [0.25, 0.3) is 5.91 Å². The van der Waals surface area contributed by atoms with Crippen molar-refractivity contribution in [3.8, 4) is 0 Å². The fraction of sp³-hybridized carbons (Fsp3) is 0.333. The van der Waals surface area contributed by atoms with E-state index in [0.717, 1.165) is 17.7 Å². The van der Waals surface area contributed by atoms with Gasteiger partial charge in [0, 0.05) is 25.0 Å². The maximum atomic E-state index is 12.8. The number of hydrogen-bond donors (Lipinski definition) is 0. The third-order valence-corrected chi connectivity index (χ3v) is 4.23. The van der Waals surface area contributed by atoms with E-state index in [0.29, 0.717) is 5.69 Å². The van der Waals surface area contributed by atoms with Crippen molar-refractivity contribution >= 4 is 17.6 Å². The van der Waals surface area contributed by atoms with Crippen LogP contribution < -0.4 is 4.90 Å². The van der Waals surface area contributed by atoms with Crippen LogP contribution >= 0.6 is 0 Å². The molecule has 2 heterocycles. The van der Waals surface area contributed by atoms with Crippen LogP contribution in [0, 0.1) is 0 Å². The first-order valence-corrected chi connectivity index (χ1v) is 7.72. The van der Waals surface area contributed by atoms with Crippen molar-refractivity contribution in [2.75, 3.05) is 4.90 Å². The minimum atomic E-state index is -0.828. The maximum Gasteiger partial charge on any atom is 0.355 e. The molecule has 2 aromatic rings. The van der Waals surface area contributed by atoms with Crippen LogP contribution in [0.25, 0.3) is 0 Å². The predicted octanol–water partition coefficient (Wildman–Crippen LogP) is 2.55. The molecule has 1 amide bonds. The number of carbonyl (C=O) groups excluding carboxylic acids is 2. The lowest BCUT2D eigenvalue weighted by Gasteiger charge is -2.25. The van der Waals surface area contributed by atoms with Gasteiger partial charge in [0.15, 0.2) is 6.10 Å². The molecule has 120 valence electrons. The average molecular weight is 312 g/mol. The van der Waals surface area contributed by atoms with Gasteiger partial charge in [-0.05, 0) is 44.0 Å². The molecule has 1 aromatic carbocycles. The summed E-state index contributed by atoms with van der Waals surface area (Å²) < 4.78 is 7.04. The third kappa shape index (κ3) is 2.74. The lowest BCUT2D eigenvalue weighted by molar-refractivity contribution is -0.126. The van der Waals surface area contributed by atoms with Crippen LogP contribution in [0.5, 0.6) is 0 Å². The molecule has 0 radical (unpaired) electrons. The highest BCUT2D eigenvalue weighted by Crippen LogP contribution is 2.32. The molecule has 2 atom stereocenters. The Kier molecular flexibility index (Phi) is 3.94. The van der Waals surface area contributed by atoms with Crippen molar-refractivity contribution in [2.45, 2.75) is 32.4 Å². The zero-order valence-electron chi connectivity index (χ0n) is 13.5. The molecule has 5 heteroatoms. The van der Waals surface area contributed by atoms with Gasteiger partial charge in [0.2, 0.25) is 0 Å². The highest BCUT2D eigenvalue weighted by molar-refractivity contribution is 6.00. The number of amides is 1. The third-order valence-electron chi connectivity index (χ3n) is 4.23. The van der Waals surface area contributed by atoms with Crippen LogP contribution in [0.4, 0.5) is 5.69 Å². The summed E-state index contributed by atoms with van der Waals surface area (Å²) in [6, 6.07) is 11.4. The number of nitrogens with zero attached hydrogens (tertiary/aromatic N) is 2. The number of hydrogen-bond acceptors (Lipinski definition) is 3. The average Bonchev–Trinajstić information content (AvgIpc) is 3.08. The number of fused-ring (bicyclic) bond motifs is 1. The van der Waals surface area contributed by atoms with Crippen molar-refractivity contribution in [3.63, 3.8) is 0 Å². The van der Waals surface area contributed by atoms with Gasteiger partial charge >= 0.3 is 5.97 Å². The molecular weight excluding hydrogens is 292 g/mol. The van der Waals surface area contributed by atoms with Crippen molar-refractivity contribution in [2.24, 2.45) is 7.05 Å². The molecule has 0 saturated carbocycles. The molecule has 0 fully saturated rings. The summed E-state index contributed by atoms with van der Waals surface area (Å²) in [5.74, 6) is -0.677. The molecule has 0 saturated heterocycles. The molecule has 5 nitrogen and oxygen atoms in total. The van der Waals surface area contributed by atoms with Crippen molar-refractivity contribution < 1.29 is 14.3 Å². The summed E-state index contributed by atoms with van der Waals surface area (Å²) in [6.45, 7) is 3.63. The summed E-state index contributed by atoms with van der Waals surface area (Å²) in [4.78, 5) is 26.7. The molecular formula is C18H20N2O3. The molecule has 23 heavy (non-hydrogen) atoms. The Morgan fingerprint density at radius 3 is 2.65 bits per heavy atom. The Balaban J connectivity index is 1.75. The fourth-order valence-electron chi connectivity index (χ4n) is 3.04. The Hall–Kier alpha value is -2.56. The topological polar surface area (TPSA) is 51.5 Å². The zero-order valence-corrected chi connectivity index (χ0v) is 13.5. The summed E-state index contributed by atoms with van der Waals surface area (Å²) in [5, 5.41) is 0. The number of aromatic nitrogens is 1. The highest BCUT2D eigenvalue weighted by atomic mass is 16.5. The van der Waals surface area contributed by atoms with E-state index in [4.69, 9.17) is 4.74 Å². The minimum Gasteiger partial charge on any atom is -0.448 e. The van der Waals surface area contributed by atoms with Gasteiger partial charge in [-0.3, -0.25) is 4.79 Å². The van der Waals surface area contributed by atoms with Gasteiger partial charge in [-0.25, -0.2) is 4.79 Å². The number of rotatable bonds is 3. The lowest BCUT2D eigenvalue weighted by Crippen LogP contribution is -2.43. The smallest absolute Gasteiger partial charge is 0.355 e. The van der Waals surface area contributed by atoms with Crippen LogP contribution in [-0.2, 0) is 23.0 Å². The normalized spacial score (nSPS) is 17.7. The quantitative estimate of drug-likeness (QED) is 0.819. The van der Waals surface area contributed by atoms with Crippen molar-refractivity contribution in [1.29, 1.82) is 0 Å². The summed E-state index contributed by atoms with van der Waals surface area (Å²) in [7, 11) is 1.77. The molecule has 0 unspecified atom stereocenters. The molecule has 3 rings (SSSR count).